The fourth-order valence-corrected chi connectivity index (χ4v) is 2.28. The van der Waals surface area contributed by atoms with E-state index in [4.69, 9.17) is 5.73 Å². The molecule has 4 heteroatoms. The molecule has 90 valence electrons. The minimum absolute atomic E-state index is 0.757. The summed E-state index contributed by atoms with van der Waals surface area (Å²) < 4.78 is 1.94. The summed E-state index contributed by atoms with van der Waals surface area (Å²) in [6, 6.07) is 0. The smallest absolute Gasteiger partial charge is 0.0719 e. The summed E-state index contributed by atoms with van der Waals surface area (Å²) in [6.07, 6.45) is 10.5. The zero-order valence-electron chi connectivity index (χ0n) is 9.94. The van der Waals surface area contributed by atoms with Crippen LogP contribution in [-0.2, 0) is 6.54 Å². The van der Waals surface area contributed by atoms with Crippen LogP contribution in [0.2, 0.25) is 0 Å². The molecule has 1 saturated heterocycles. The molecule has 1 fully saturated rings. The Kier molecular flexibility index (Phi) is 4.22. The van der Waals surface area contributed by atoms with Gasteiger partial charge >= 0.3 is 0 Å². The maximum atomic E-state index is 5.64. The van der Waals surface area contributed by atoms with E-state index in [2.05, 4.69) is 10.00 Å². The Morgan fingerprint density at radius 2 is 1.75 bits per heavy atom. The van der Waals surface area contributed by atoms with Crippen LogP contribution in [0, 0.1) is 0 Å². The van der Waals surface area contributed by atoms with Crippen molar-refractivity contribution in [1.82, 2.24) is 14.7 Å². The number of hydrogen-bond acceptors (Lipinski definition) is 3. The fraction of sp³-hybridized carbons (Fsp3) is 0.750. The molecular weight excluding hydrogens is 200 g/mol. The molecule has 0 atom stereocenters. The van der Waals surface area contributed by atoms with E-state index in [0.29, 0.717) is 0 Å². The van der Waals surface area contributed by atoms with E-state index >= 15 is 0 Å². The van der Waals surface area contributed by atoms with E-state index < -0.39 is 0 Å². The Morgan fingerprint density at radius 1 is 1.06 bits per heavy atom. The van der Waals surface area contributed by atoms with Gasteiger partial charge in [0.15, 0.2) is 0 Å². The summed E-state index contributed by atoms with van der Waals surface area (Å²) in [7, 11) is 0. The van der Waals surface area contributed by atoms with Gasteiger partial charge in [0.2, 0.25) is 0 Å². The summed E-state index contributed by atoms with van der Waals surface area (Å²) in [5.41, 5.74) is 6.39. The Balaban J connectivity index is 1.75. The standard InChI is InChI=1S/C12H22N4/c13-12-10-14-16(11-12)9-8-15-6-4-2-1-3-5-7-15/h10-11H,1-9,13H2. The van der Waals surface area contributed by atoms with Crippen LogP contribution in [-0.4, -0.2) is 34.3 Å². The predicted octanol–water partition coefficient (Wildman–Crippen LogP) is 1.73. The van der Waals surface area contributed by atoms with Gasteiger partial charge in [0, 0.05) is 12.7 Å². The van der Waals surface area contributed by atoms with E-state index in [1.54, 1.807) is 6.20 Å². The number of nitrogens with zero attached hydrogens (tertiary/aromatic N) is 3. The lowest BCUT2D eigenvalue weighted by Crippen LogP contribution is -2.30. The second-order valence-corrected chi connectivity index (χ2v) is 4.65. The second-order valence-electron chi connectivity index (χ2n) is 4.65. The van der Waals surface area contributed by atoms with Crippen LogP contribution >= 0.6 is 0 Å². The Bertz CT molecular complexity index is 300. The highest BCUT2D eigenvalue weighted by Gasteiger charge is 2.07. The quantitative estimate of drug-likeness (QED) is 0.847. The van der Waals surface area contributed by atoms with Gasteiger partial charge in [0.1, 0.15) is 0 Å². The third kappa shape index (κ3) is 3.52. The fourth-order valence-electron chi connectivity index (χ4n) is 2.28. The topological polar surface area (TPSA) is 47.1 Å². The van der Waals surface area contributed by atoms with E-state index in [0.717, 1.165) is 18.8 Å². The number of aromatic nitrogens is 2. The van der Waals surface area contributed by atoms with Gasteiger partial charge in [-0.05, 0) is 25.9 Å². The number of nitrogens with two attached hydrogens (primary N) is 1. The minimum Gasteiger partial charge on any atom is -0.396 e. The van der Waals surface area contributed by atoms with Gasteiger partial charge in [-0.2, -0.15) is 5.10 Å². The highest BCUT2D eigenvalue weighted by Crippen LogP contribution is 2.10. The summed E-state index contributed by atoms with van der Waals surface area (Å²) in [4.78, 5) is 2.55. The van der Waals surface area contributed by atoms with Crippen LogP contribution in [0.25, 0.3) is 0 Å². The summed E-state index contributed by atoms with van der Waals surface area (Å²) in [5.74, 6) is 0. The van der Waals surface area contributed by atoms with Crippen LogP contribution in [0.4, 0.5) is 5.69 Å². The van der Waals surface area contributed by atoms with Crippen LogP contribution in [0.15, 0.2) is 12.4 Å². The largest absolute Gasteiger partial charge is 0.396 e. The van der Waals surface area contributed by atoms with Gasteiger partial charge in [-0.3, -0.25) is 4.68 Å². The third-order valence-electron chi connectivity index (χ3n) is 3.25. The Morgan fingerprint density at radius 3 is 2.38 bits per heavy atom. The predicted molar refractivity (Wildman–Crippen MR) is 66.2 cm³/mol. The number of rotatable bonds is 3. The molecule has 1 aromatic rings. The van der Waals surface area contributed by atoms with Gasteiger partial charge in [-0.15, -0.1) is 0 Å². The highest BCUT2D eigenvalue weighted by atomic mass is 15.3. The van der Waals surface area contributed by atoms with E-state index in [1.165, 1.54) is 45.2 Å². The molecule has 0 unspecified atom stereocenters. The van der Waals surface area contributed by atoms with Crippen molar-refractivity contribution in [1.29, 1.82) is 0 Å². The van der Waals surface area contributed by atoms with Crippen LogP contribution in [0.1, 0.15) is 32.1 Å². The second kappa shape index (κ2) is 5.89. The average molecular weight is 222 g/mol. The molecule has 16 heavy (non-hydrogen) atoms. The van der Waals surface area contributed by atoms with Crippen molar-refractivity contribution in [2.24, 2.45) is 0 Å². The SMILES string of the molecule is Nc1cnn(CCN2CCCCCCC2)c1. The molecule has 1 aliphatic rings. The first kappa shape index (κ1) is 11.5. The van der Waals surface area contributed by atoms with Gasteiger partial charge in [-0.25, -0.2) is 0 Å². The highest BCUT2D eigenvalue weighted by molar-refractivity contribution is 5.30. The molecular formula is C12H22N4. The summed E-state index contributed by atoms with van der Waals surface area (Å²) >= 11 is 0. The maximum absolute atomic E-state index is 5.64. The van der Waals surface area contributed by atoms with Crippen molar-refractivity contribution in [2.45, 2.75) is 38.6 Å². The molecule has 2 N–H and O–H groups in total. The van der Waals surface area contributed by atoms with Gasteiger partial charge in [-0.1, -0.05) is 19.3 Å². The molecule has 2 heterocycles. The lowest BCUT2D eigenvalue weighted by atomic mass is 10.1. The van der Waals surface area contributed by atoms with Crippen molar-refractivity contribution in [3.63, 3.8) is 0 Å². The summed E-state index contributed by atoms with van der Waals surface area (Å²) in [6.45, 7) is 4.55. The molecule has 0 bridgehead atoms. The molecule has 0 radical (unpaired) electrons. The molecule has 0 aliphatic carbocycles. The summed E-state index contributed by atoms with van der Waals surface area (Å²) in [5, 5.41) is 4.21. The molecule has 0 spiro atoms. The van der Waals surface area contributed by atoms with E-state index in [-0.39, 0.29) is 0 Å². The zero-order valence-corrected chi connectivity index (χ0v) is 9.94. The number of nitrogen functional groups attached to an aromatic ring is 1. The van der Waals surface area contributed by atoms with Crippen molar-refractivity contribution >= 4 is 5.69 Å². The van der Waals surface area contributed by atoms with Crippen molar-refractivity contribution in [2.75, 3.05) is 25.4 Å². The molecule has 0 saturated carbocycles. The molecule has 0 amide bonds. The molecule has 4 nitrogen and oxygen atoms in total. The molecule has 1 aromatic heterocycles. The first-order valence-corrected chi connectivity index (χ1v) is 6.35. The average Bonchev–Trinajstić information content (AvgIpc) is 2.63. The van der Waals surface area contributed by atoms with Crippen LogP contribution < -0.4 is 5.73 Å². The van der Waals surface area contributed by atoms with Crippen LogP contribution in [0.3, 0.4) is 0 Å². The van der Waals surface area contributed by atoms with E-state index in [9.17, 15) is 0 Å². The first-order chi connectivity index (χ1) is 7.84. The Hall–Kier alpha value is -1.03. The van der Waals surface area contributed by atoms with Crippen molar-refractivity contribution in [3.8, 4) is 0 Å². The molecule has 1 aliphatic heterocycles. The van der Waals surface area contributed by atoms with Crippen molar-refractivity contribution in [3.05, 3.63) is 12.4 Å². The molecule has 2 rings (SSSR count). The van der Waals surface area contributed by atoms with Crippen LogP contribution in [0.5, 0.6) is 0 Å². The number of anilines is 1. The number of likely N-dealkylation sites (tertiary alicyclic amines) is 1. The monoisotopic (exact) mass is 222 g/mol. The van der Waals surface area contributed by atoms with E-state index in [1.807, 2.05) is 10.9 Å². The number of hydrogen-bond donors (Lipinski definition) is 1. The Labute approximate surface area is 97.4 Å². The lowest BCUT2D eigenvalue weighted by Gasteiger charge is -2.24. The normalized spacial score (nSPS) is 19.2. The van der Waals surface area contributed by atoms with Gasteiger partial charge < -0.3 is 10.6 Å². The van der Waals surface area contributed by atoms with Gasteiger partial charge in [0.25, 0.3) is 0 Å². The minimum atomic E-state index is 0.757. The first-order valence-electron chi connectivity index (χ1n) is 6.35. The zero-order chi connectivity index (χ0) is 11.2. The van der Waals surface area contributed by atoms with Crippen molar-refractivity contribution < 1.29 is 0 Å². The lowest BCUT2D eigenvalue weighted by molar-refractivity contribution is 0.235. The molecule has 0 aromatic carbocycles. The van der Waals surface area contributed by atoms with Gasteiger partial charge in [0.05, 0.1) is 18.4 Å². The maximum Gasteiger partial charge on any atom is 0.0719 e. The third-order valence-corrected chi connectivity index (χ3v) is 3.25.